The van der Waals surface area contributed by atoms with E-state index in [1.54, 1.807) is 18.2 Å². The maximum Gasteiger partial charge on any atom is 0.466 e. The Morgan fingerprint density at radius 2 is 1.33 bits per heavy atom. The highest BCUT2D eigenvalue weighted by Crippen LogP contribution is 2.43. The lowest BCUT2D eigenvalue weighted by Crippen LogP contribution is -2.45. The smallest absolute Gasteiger partial charge is 0.421 e. The molecule has 1 atom stereocenters. The first-order valence-electron chi connectivity index (χ1n) is 13.2. The van der Waals surface area contributed by atoms with Gasteiger partial charge < -0.3 is 14.2 Å². The van der Waals surface area contributed by atoms with Crippen LogP contribution in [0.15, 0.2) is 87.5 Å². The van der Waals surface area contributed by atoms with Crippen molar-refractivity contribution in [2.75, 3.05) is 13.2 Å². The summed E-state index contributed by atoms with van der Waals surface area (Å²) in [6.07, 6.45) is 0. The molecule has 1 heterocycles. The highest BCUT2D eigenvalue weighted by molar-refractivity contribution is 7.97. The van der Waals surface area contributed by atoms with Gasteiger partial charge in [-0.25, -0.2) is 4.79 Å². The Morgan fingerprint density at radius 3 is 1.80 bits per heavy atom. The highest BCUT2D eigenvalue weighted by atomic mass is 32.2. The van der Waals surface area contributed by atoms with Crippen LogP contribution in [0.25, 0.3) is 0 Å². The SMILES string of the molecule is CC(C)(C)c1ccc([S+](c2ccc(OC(=O)C(F)(F)S(=O)(=O)O)cc2)c2cccc(C3(C)OCC(F)(F)C(F)(F)CO3)c2)cc1. The zero-order valence-corrected chi connectivity index (χ0v) is 26.0. The van der Waals surface area contributed by atoms with Crippen molar-refractivity contribution in [1.82, 2.24) is 0 Å². The van der Waals surface area contributed by atoms with Crippen molar-refractivity contribution in [2.24, 2.45) is 0 Å². The summed E-state index contributed by atoms with van der Waals surface area (Å²) >= 11 is 0. The van der Waals surface area contributed by atoms with E-state index in [-0.39, 0.29) is 11.0 Å². The molecule has 0 aliphatic carbocycles. The van der Waals surface area contributed by atoms with E-state index >= 15 is 0 Å². The number of rotatable bonds is 7. The molecule has 1 fully saturated rings. The lowest BCUT2D eigenvalue weighted by atomic mass is 9.87. The Morgan fingerprint density at radius 1 is 0.844 bits per heavy atom. The molecule has 0 bridgehead atoms. The molecule has 0 aromatic heterocycles. The quantitative estimate of drug-likeness (QED) is 0.0949. The van der Waals surface area contributed by atoms with Crippen molar-refractivity contribution in [2.45, 2.75) is 70.7 Å². The maximum atomic E-state index is 14.0. The zero-order valence-electron chi connectivity index (χ0n) is 24.3. The van der Waals surface area contributed by atoms with Crippen LogP contribution in [0.1, 0.15) is 38.8 Å². The predicted molar refractivity (Wildman–Crippen MR) is 151 cm³/mol. The van der Waals surface area contributed by atoms with Gasteiger partial charge in [-0.2, -0.15) is 34.8 Å². The van der Waals surface area contributed by atoms with Crippen LogP contribution in [-0.2, 0) is 46.5 Å². The zero-order chi connectivity index (χ0) is 33.6. The molecule has 7 nitrogen and oxygen atoms in total. The maximum absolute atomic E-state index is 14.0. The molecule has 0 spiro atoms. The second-order valence-electron chi connectivity index (χ2n) is 11.4. The molecule has 1 unspecified atom stereocenters. The predicted octanol–water partition coefficient (Wildman–Crippen LogP) is 6.96. The van der Waals surface area contributed by atoms with Gasteiger partial charge in [0.25, 0.3) is 0 Å². The van der Waals surface area contributed by atoms with Crippen molar-refractivity contribution in [3.63, 3.8) is 0 Å². The summed E-state index contributed by atoms with van der Waals surface area (Å²) in [6.45, 7) is 4.16. The molecular weight excluding hydrogens is 650 g/mol. The van der Waals surface area contributed by atoms with E-state index in [1.165, 1.54) is 25.1 Å². The average molecular weight is 680 g/mol. The molecule has 0 saturated carbocycles. The molecule has 1 aliphatic rings. The number of hydrogen-bond acceptors (Lipinski definition) is 6. The fourth-order valence-corrected chi connectivity index (χ4v) is 6.54. The summed E-state index contributed by atoms with van der Waals surface area (Å²) in [6, 6.07) is 19.0. The van der Waals surface area contributed by atoms with Crippen molar-refractivity contribution < 1.29 is 58.3 Å². The monoisotopic (exact) mass is 679 g/mol. The van der Waals surface area contributed by atoms with Gasteiger partial charge in [0.2, 0.25) is 0 Å². The summed E-state index contributed by atoms with van der Waals surface area (Å²) in [5.41, 5.74) is 1.01. The van der Waals surface area contributed by atoms with E-state index in [2.05, 4.69) is 4.74 Å². The topological polar surface area (TPSA) is 99.1 Å². The van der Waals surface area contributed by atoms with Crippen LogP contribution in [0.4, 0.5) is 26.3 Å². The third-order valence-corrected chi connectivity index (χ3v) is 10.0. The molecule has 3 aromatic carbocycles. The molecule has 45 heavy (non-hydrogen) atoms. The number of benzene rings is 3. The molecule has 0 radical (unpaired) electrons. The van der Waals surface area contributed by atoms with E-state index < -0.39 is 68.8 Å². The summed E-state index contributed by atoms with van der Waals surface area (Å²) in [5.74, 6) is -13.8. The van der Waals surface area contributed by atoms with Gasteiger partial charge in [-0.15, -0.1) is 0 Å². The van der Waals surface area contributed by atoms with E-state index in [0.717, 1.165) is 22.6 Å². The molecule has 1 N–H and O–H groups in total. The van der Waals surface area contributed by atoms with Crippen LogP contribution in [0.3, 0.4) is 0 Å². The largest absolute Gasteiger partial charge is 0.466 e. The lowest BCUT2D eigenvalue weighted by molar-refractivity contribution is -0.233. The van der Waals surface area contributed by atoms with Crippen LogP contribution in [0.5, 0.6) is 5.75 Å². The first kappa shape index (κ1) is 34.8. The Labute approximate surface area is 258 Å². The van der Waals surface area contributed by atoms with Crippen molar-refractivity contribution in [1.29, 1.82) is 0 Å². The first-order valence-corrected chi connectivity index (χ1v) is 15.9. The van der Waals surface area contributed by atoms with Crippen LogP contribution >= 0.6 is 0 Å². The third kappa shape index (κ3) is 7.17. The minimum atomic E-state index is -6.07. The van der Waals surface area contributed by atoms with Crippen LogP contribution < -0.4 is 4.74 Å². The fourth-order valence-electron chi connectivity index (χ4n) is 4.20. The van der Waals surface area contributed by atoms with E-state index in [1.807, 2.05) is 45.0 Å². The molecule has 3 aromatic rings. The highest BCUT2D eigenvalue weighted by Gasteiger charge is 2.60. The van der Waals surface area contributed by atoms with Crippen molar-refractivity contribution >= 4 is 27.0 Å². The number of halogens is 6. The van der Waals surface area contributed by atoms with E-state index in [4.69, 9.17) is 14.0 Å². The Kier molecular flexibility index (Phi) is 9.20. The standard InChI is InChI=1S/C30H28F6O7S2/c1-26(2,3)19-8-12-22(13-9-19)44(23-14-10-21(11-15-23)43-25(37)30(35,36)45(38,39)40)24-7-5-6-20(16-24)27(4)41-17-28(31,32)29(33,34)18-42-27/h5-16H,17-18H2,1-4H3/p+1. The van der Waals surface area contributed by atoms with Crippen LogP contribution in [-0.4, -0.2) is 49.3 Å². The molecular formula is C30H29F6O7S2+. The summed E-state index contributed by atoms with van der Waals surface area (Å²) in [4.78, 5) is 13.6. The Balaban J connectivity index is 1.75. The van der Waals surface area contributed by atoms with E-state index in [9.17, 15) is 39.6 Å². The number of hydrogen-bond donors (Lipinski definition) is 1. The van der Waals surface area contributed by atoms with Gasteiger partial charge in [-0.3, -0.25) is 4.55 Å². The fraction of sp³-hybridized carbons (Fsp3) is 0.367. The van der Waals surface area contributed by atoms with E-state index in [0.29, 0.717) is 9.79 Å². The summed E-state index contributed by atoms with van der Waals surface area (Å²) in [7, 11) is -7.08. The summed E-state index contributed by atoms with van der Waals surface area (Å²) < 4.78 is 129. The molecule has 15 heteroatoms. The first-order chi connectivity index (χ1) is 20.6. The minimum Gasteiger partial charge on any atom is -0.421 e. The van der Waals surface area contributed by atoms with Gasteiger partial charge in [0.15, 0.2) is 20.5 Å². The van der Waals surface area contributed by atoms with Gasteiger partial charge in [-0.05, 0) is 60.4 Å². The number of carbonyl (C=O) groups excluding carboxylic acids is 1. The number of esters is 1. The lowest BCUT2D eigenvalue weighted by Gasteiger charge is -2.28. The van der Waals surface area contributed by atoms with Crippen molar-refractivity contribution in [3.05, 3.63) is 83.9 Å². The van der Waals surface area contributed by atoms with Gasteiger partial charge in [0.1, 0.15) is 19.0 Å². The van der Waals surface area contributed by atoms with Gasteiger partial charge in [0.05, 0.1) is 10.9 Å². The molecule has 0 amide bonds. The van der Waals surface area contributed by atoms with Gasteiger partial charge in [0, 0.05) is 11.6 Å². The molecule has 244 valence electrons. The second kappa shape index (κ2) is 11.9. The number of ether oxygens (including phenoxy) is 3. The average Bonchev–Trinajstić information content (AvgIpc) is 3.03. The van der Waals surface area contributed by atoms with Gasteiger partial charge in [-0.1, -0.05) is 45.0 Å². The molecule has 1 aliphatic heterocycles. The van der Waals surface area contributed by atoms with Crippen molar-refractivity contribution in [3.8, 4) is 5.75 Å². The molecule has 1 saturated heterocycles. The van der Waals surface area contributed by atoms with Crippen LogP contribution in [0.2, 0.25) is 0 Å². The molecule has 4 rings (SSSR count). The Bertz CT molecular complexity index is 1640. The normalized spacial score (nSPS) is 18.9. The third-order valence-electron chi connectivity index (χ3n) is 6.97. The van der Waals surface area contributed by atoms with Gasteiger partial charge >= 0.3 is 33.2 Å². The second-order valence-corrected chi connectivity index (χ2v) is 14.9. The number of carbonyl (C=O) groups is 1. The minimum absolute atomic E-state index is 0.176. The van der Waals surface area contributed by atoms with Crippen LogP contribution in [0, 0.1) is 0 Å². The summed E-state index contributed by atoms with van der Waals surface area (Å²) in [5, 5.41) is -5.20. The Hall–Kier alpha value is -3.11. The number of alkyl halides is 6.